The first-order valence-corrected chi connectivity index (χ1v) is 10.7. The van der Waals surface area contributed by atoms with E-state index in [4.69, 9.17) is 4.52 Å². The van der Waals surface area contributed by atoms with E-state index in [1.165, 1.54) is 0 Å². The Balaban J connectivity index is 1.25. The molecule has 0 radical (unpaired) electrons. The van der Waals surface area contributed by atoms with Crippen molar-refractivity contribution in [1.29, 1.82) is 0 Å². The highest BCUT2D eigenvalue weighted by Gasteiger charge is 2.44. The Morgan fingerprint density at radius 3 is 2.48 bits per heavy atom. The molecule has 0 unspecified atom stereocenters. The second kappa shape index (κ2) is 7.66. The Bertz CT molecular complexity index is 832. The van der Waals surface area contributed by atoms with Gasteiger partial charge in [0, 0.05) is 51.5 Å². The number of aryl methyl sites for hydroxylation is 1. The summed E-state index contributed by atoms with van der Waals surface area (Å²) in [6.45, 7) is 8.13. The molecule has 8 nitrogen and oxygen atoms in total. The molecule has 2 aliphatic heterocycles. The van der Waals surface area contributed by atoms with Crippen LogP contribution in [0.5, 0.6) is 0 Å². The van der Waals surface area contributed by atoms with Crippen LogP contribution in [-0.2, 0) is 0 Å². The summed E-state index contributed by atoms with van der Waals surface area (Å²) in [7, 11) is 2.18. The Morgan fingerprint density at radius 2 is 1.83 bits per heavy atom. The van der Waals surface area contributed by atoms with Crippen molar-refractivity contribution < 1.29 is 9.63 Å². The summed E-state index contributed by atoms with van der Waals surface area (Å²) >= 11 is 0. The van der Waals surface area contributed by atoms with E-state index >= 15 is 0 Å². The molecule has 4 heterocycles. The lowest BCUT2D eigenvalue weighted by atomic mass is 9.77. The van der Waals surface area contributed by atoms with Gasteiger partial charge >= 0.3 is 0 Å². The minimum atomic E-state index is -0.212. The van der Waals surface area contributed by atoms with Gasteiger partial charge in [0.25, 0.3) is 5.89 Å². The van der Waals surface area contributed by atoms with Crippen molar-refractivity contribution in [3.8, 4) is 11.5 Å². The van der Waals surface area contributed by atoms with E-state index < -0.39 is 0 Å². The smallest absolute Gasteiger partial charge is 0.259 e. The zero-order valence-corrected chi connectivity index (χ0v) is 17.2. The Morgan fingerprint density at radius 1 is 1.07 bits per heavy atom. The molecule has 2 saturated heterocycles. The van der Waals surface area contributed by atoms with E-state index in [2.05, 4.69) is 36.9 Å². The van der Waals surface area contributed by atoms with Crippen molar-refractivity contribution in [1.82, 2.24) is 24.9 Å². The highest BCUT2D eigenvalue weighted by atomic mass is 16.5. The van der Waals surface area contributed by atoms with Gasteiger partial charge in [0.2, 0.25) is 0 Å². The fraction of sp³-hybridized carbons (Fsp3) is 0.667. The topological polar surface area (TPSA) is 81.8 Å². The average Bonchev–Trinajstić information content (AvgIpc) is 3.34. The summed E-state index contributed by atoms with van der Waals surface area (Å²) in [6.07, 6.45) is 3.59. The lowest BCUT2D eigenvalue weighted by Crippen LogP contribution is -2.55. The molecule has 5 rings (SSSR count). The lowest BCUT2D eigenvalue weighted by Gasteiger charge is -2.44. The fourth-order valence-electron chi connectivity index (χ4n) is 5.25. The molecule has 2 aromatic rings. The van der Waals surface area contributed by atoms with Gasteiger partial charge in [0.05, 0.1) is 11.7 Å². The molecule has 2 aromatic heterocycles. The Labute approximate surface area is 171 Å². The zero-order valence-electron chi connectivity index (χ0n) is 17.2. The average molecular weight is 399 g/mol. The standard InChI is InChI=1S/C21H30N6O2/c1-14-23-21(29-24-14)15-3-4-20(22-11-15)27-12-16-9-18(19(28)10-17(16)13-27)26-7-5-25(2)6-8-26/h3-4,11,16-19,28H,5-10,12-13H2,1-2H3/t16-,17+,18-,19-/m1/s1. The molecule has 3 aliphatic rings. The first-order chi connectivity index (χ1) is 14.1. The second-order valence-corrected chi connectivity index (χ2v) is 8.92. The quantitative estimate of drug-likeness (QED) is 0.828. The first-order valence-electron chi connectivity index (χ1n) is 10.7. The number of likely N-dealkylation sites (N-methyl/N-ethyl adjacent to an activating group) is 1. The van der Waals surface area contributed by atoms with Gasteiger partial charge < -0.3 is 19.4 Å². The molecule has 156 valence electrons. The summed E-state index contributed by atoms with van der Waals surface area (Å²) in [4.78, 5) is 16.2. The van der Waals surface area contributed by atoms with Crippen LogP contribution in [0.2, 0.25) is 0 Å². The number of fused-ring (bicyclic) bond motifs is 1. The first kappa shape index (κ1) is 19.0. The molecular weight excluding hydrogens is 368 g/mol. The summed E-state index contributed by atoms with van der Waals surface area (Å²) < 4.78 is 5.23. The van der Waals surface area contributed by atoms with Crippen molar-refractivity contribution in [2.75, 3.05) is 51.2 Å². The predicted molar refractivity (Wildman–Crippen MR) is 110 cm³/mol. The van der Waals surface area contributed by atoms with Crippen LogP contribution in [-0.4, -0.2) is 88.5 Å². The number of nitrogens with zero attached hydrogens (tertiary/aromatic N) is 6. The van der Waals surface area contributed by atoms with Crippen LogP contribution in [0.4, 0.5) is 5.82 Å². The van der Waals surface area contributed by atoms with Gasteiger partial charge in [-0.15, -0.1) is 0 Å². The molecule has 1 N–H and O–H groups in total. The molecule has 0 amide bonds. The highest BCUT2D eigenvalue weighted by Crippen LogP contribution is 2.39. The van der Waals surface area contributed by atoms with Gasteiger partial charge in [0.15, 0.2) is 5.82 Å². The maximum absolute atomic E-state index is 10.8. The number of rotatable bonds is 3. The van der Waals surface area contributed by atoms with Crippen molar-refractivity contribution in [3.63, 3.8) is 0 Å². The van der Waals surface area contributed by atoms with Gasteiger partial charge in [-0.2, -0.15) is 4.98 Å². The fourth-order valence-corrected chi connectivity index (χ4v) is 5.25. The van der Waals surface area contributed by atoms with Crippen molar-refractivity contribution >= 4 is 5.82 Å². The monoisotopic (exact) mass is 398 g/mol. The lowest BCUT2D eigenvalue weighted by molar-refractivity contribution is -0.0249. The SMILES string of the molecule is Cc1noc(-c2ccc(N3C[C@H]4C[C@@H](N5CCN(C)CC5)[C@H](O)C[C@H]4C3)nc2)n1. The molecule has 1 aliphatic carbocycles. The molecule has 0 bridgehead atoms. The van der Waals surface area contributed by atoms with Crippen LogP contribution in [0.15, 0.2) is 22.9 Å². The Hall–Kier alpha value is -2.03. The third kappa shape index (κ3) is 3.76. The van der Waals surface area contributed by atoms with E-state index in [-0.39, 0.29) is 6.10 Å². The number of aliphatic hydroxyl groups is 1. The van der Waals surface area contributed by atoms with Crippen LogP contribution in [0.1, 0.15) is 18.7 Å². The second-order valence-electron chi connectivity index (χ2n) is 8.92. The number of pyridine rings is 1. The van der Waals surface area contributed by atoms with Crippen LogP contribution >= 0.6 is 0 Å². The molecule has 1 saturated carbocycles. The number of piperazine rings is 1. The molecule has 3 fully saturated rings. The largest absolute Gasteiger partial charge is 0.391 e. The minimum Gasteiger partial charge on any atom is -0.391 e. The van der Waals surface area contributed by atoms with Crippen molar-refractivity contribution in [2.24, 2.45) is 11.8 Å². The van der Waals surface area contributed by atoms with E-state index in [0.717, 1.165) is 63.5 Å². The van der Waals surface area contributed by atoms with E-state index in [1.54, 1.807) is 0 Å². The Kier molecular flexibility index (Phi) is 5.01. The van der Waals surface area contributed by atoms with Crippen molar-refractivity contribution in [3.05, 3.63) is 24.2 Å². The minimum absolute atomic E-state index is 0.212. The van der Waals surface area contributed by atoms with Gasteiger partial charge in [0.1, 0.15) is 5.82 Å². The number of hydrogen-bond acceptors (Lipinski definition) is 8. The van der Waals surface area contributed by atoms with E-state index in [9.17, 15) is 5.11 Å². The number of anilines is 1. The predicted octanol–water partition coefficient (Wildman–Crippen LogP) is 1.26. The molecule has 8 heteroatoms. The normalized spacial score (nSPS) is 31.2. The van der Waals surface area contributed by atoms with E-state index in [1.807, 2.05) is 25.3 Å². The maximum Gasteiger partial charge on any atom is 0.259 e. The maximum atomic E-state index is 10.8. The van der Waals surface area contributed by atoms with Crippen LogP contribution in [0.3, 0.4) is 0 Å². The van der Waals surface area contributed by atoms with Crippen molar-refractivity contribution in [2.45, 2.75) is 31.9 Å². The summed E-state index contributed by atoms with van der Waals surface area (Å²) in [6, 6.07) is 4.35. The van der Waals surface area contributed by atoms with Gasteiger partial charge in [-0.1, -0.05) is 5.16 Å². The highest BCUT2D eigenvalue weighted by molar-refractivity contribution is 5.55. The number of aliphatic hydroxyl groups excluding tert-OH is 1. The third-order valence-electron chi connectivity index (χ3n) is 6.96. The third-order valence-corrected chi connectivity index (χ3v) is 6.96. The molecular formula is C21H30N6O2. The van der Waals surface area contributed by atoms with E-state index in [0.29, 0.717) is 29.6 Å². The van der Waals surface area contributed by atoms with Crippen LogP contribution < -0.4 is 4.90 Å². The zero-order chi connectivity index (χ0) is 20.0. The molecule has 29 heavy (non-hydrogen) atoms. The number of hydrogen-bond donors (Lipinski definition) is 1. The number of aromatic nitrogens is 3. The van der Waals surface area contributed by atoms with Crippen LogP contribution in [0.25, 0.3) is 11.5 Å². The molecule has 4 atom stereocenters. The summed E-state index contributed by atoms with van der Waals surface area (Å²) in [5.41, 5.74) is 0.844. The van der Waals surface area contributed by atoms with Gasteiger partial charge in [-0.3, -0.25) is 4.90 Å². The summed E-state index contributed by atoms with van der Waals surface area (Å²) in [5, 5.41) is 14.7. The van der Waals surface area contributed by atoms with Crippen LogP contribution in [0, 0.1) is 18.8 Å². The molecule has 0 aromatic carbocycles. The summed E-state index contributed by atoms with van der Waals surface area (Å²) in [5.74, 6) is 3.30. The molecule has 0 spiro atoms. The van der Waals surface area contributed by atoms with Gasteiger partial charge in [-0.25, -0.2) is 4.98 Å². The van der Waals surface area contributed by atoms with Gasteiger partial charge in [-0.05, 0) is 50.8 Å².